The molecule has 2 rings (SSSR count). The quantitative estimate of drug-likeness (QED) is 0.845. The van der Waals surface area contributed by atoms with E-state index in [9.17, 15) is 4.79 Å². The monoisotopic (exact) mass is 293 g/mol. The van der Waals surface area contributed by atoms with Crippen molar-refractivity contribution in [3.05, 3.63) is 35.4 Å². The van der Waals surface area contributed by atoms with E-state index in [2.05, 4.69) is 17.1 Å². The Morgan fingerprint density at radius 1 is 1.40 bits per heavy atom. The topological polar surface area (TPSA) is 49.3 Å². The molecular formula is C16H23NO2S. The number of aliphatic carboxylic acids is 1. The van der Waals surface area contributed by atoms with Crippen LogP contribution in [0, 0.1) is 0 Å². The maximum Gasteiger partial charge on any atom is 0.310 e. The van der Waals surface area contributed by atoms with Gasteiger partial charge in [0.2, 0.25) is 0 Å². The Bertz CT molecular complexity index is 427. The summed E-state index contributed by atoms with van der Waals surface area (Å²) in [6.07, 6.45) is 4.05. The first-order valence-electron chi connectivity index (χ1n) is 7.31. The lowest BCUT2D eigenvalue weighted by atomic mass is 10.00. The standard InChI is InChI=1S/C16H23NO2S/c1-12(16(18)19)14-7-5-13(6-8-14)10-17-11-15-4-2-3-9-20-15/h5-8,12,15,17H,2-4,9-11H2,1H3,(H,18,19). The SMILES string of the molecule is CC(C(=O)O)c1ccc(CNCC2CCCCS2)cc1. The van der Waals surface area contributed by atoms with Gasteiger partial charge in [0.1, 0.15) is 0 Å². The average Bonchev–Trinajstić information content (AvgIpc) is 2.48. The van der Waals surface area contributed by atoms with Crippen LogP contribution in [0.2, 0.25) is 0 Å². The highest BCUT2D eigenvalue weighted by atomic mass is 32.2. The van der Waals surface area contributed by atoms with Crippen LogP contribution in [-0.2, 0) is 11.3 Å². The van der Waals surface area contributed by atoms with E-state index >= 15 is 0 Å². The number of hydrogen-bond acceptors (Lipinski definition) is 3. The van der Waals surface area contributed by atoms with Crippen molar-refractivity contribution in [2.45, 2.75) is 43.9 Å². The lowest BCUT2D eigenvalue weighted by Gasteiger charge is -2.21. The third kappa shape index (κ3) is 4.53. The number of nitrogens with one attached hydrogen (secondary N) is 1. The summed E-state index contributed by atoms with van der Waals surface area (Å²) in [6.45, 7) is 3.65. The fourth-order valence-electron chi connectivity index (χ4n) is 2.41. The van der Waals surface area contributed by atoms with Crippen molar-refractivity contribution in [2.24, 2.45) is 0 Å². The van der Waals surface area contributed by atoms with E-state index in [-0.39, 0.29) is 0 Å². The smallest absolute Gasteiger partial charge is 0.310 e. The molecule has 0 aliphatic carbocycles. The molecule has 2 N–H and O–H groups in total. The van der Waals surface area contributed by atoms with Gasteiger partial charge in [-0.05, 0) is 36.6 Å². The van der Waals surface area contributed by atoms with Crippen LogP contribution < -0.4 is 5.32 Å². The van der Waals surface area contributed by atoms with E-state index in [0.717, 1.165) is 23.9 Å². The Hall–Kier alpha value is -1.00. The summed E-state index contributed by atoms with van der Waals surface area (Å²) < 4.78 is 0. The molecule has 3 nitrogen and oxygen atoms in total. The maximum absolute atomic E-state index is 10.9. The van der Waals surface area contributed by atoms with Crippen LogP contribution in [0.15, 0.2) is 24.3 Å². The van der Waals surface area contributed by atoms with Gasteiger partial charge in [-0.15, -0.1) is 0 Å². The molecule has 0 aromatic heterocycles. The summed E-state index contributed by atoms with van der Waals surface area (Å²) in [6, 6.07) is 7.89. The van der Waals surface area contributed by atoms with Crippen LogP contribution in [0.4, 0.5) is 0 Å². The molecule has 4 heteroatoms. The molecule has 1 aliphatic rings. The molecule has 1 aliphatic heterocycles. The zero-order chi connectivity index (χ0) is 14.4. The molecule has 1 fully saturated rings. The normalized spacial score (nSPS) is 20.6. The number of hydrogen-bond donors (Lipinski definition) is 2. The Labute approximate surface area is 125 Å². The molecule has 0 radical (unpaired) electrons. The van der Waals surface area contributed by atoms with E-state index in [1.54, 1.807) is 6.92 Å². The second kappa shape index (κ2) is 7.70. The minimum absolute atomic E-state index is 0.435. The lowest BCUT2D eigenvalue weighted by Crippen LogP contribution is -2.26. The first-order valence-corrected chi connectivity index (χ1v) is 8.35. The largest absolute Gasteiger partial charge is 0.481 e. The van der Waals surface area contributed by atoms with Gasteiger partial charge in [0.25, 0.3) is 0 Å². The zero-order valence-corrected chi connectivity index (χ0v) is 12.8. The molecule has 0 spiro atoms. The van der Waals surface area contributed by atoms with Gasteiger partial charge in [-0.25, -0.2) is 0 Å². The number of thioether (sulfide) groups is 1. The number of benzene rings is 1. The van der Waals surface area contributed by atoms with E-state index < -0.39 is 11.9 Å². The van der Waals surface area contributed by atoms with E-state index in [4.69, 9.17) is 5.11 Å². The summed E-state index contributed by atoms with van der Waals surface area (Å²) in [5, 5.41) is 13.2. The first kappa shape index (κ1) is 15.4. The van der Waals surface area contributed by atoms with E-state index in [1.165, 1.54) is 30.6 Å². The third-order valence-corrected chi connectivity index (χ3v) is 5.22. The van der Waals surface area contributed by atoms with Crippen molar-refractivity contribution < 1.29 is 9.90 Å². The van der Waals surface area contributed by atoms with Crippen LogP contribution in [0.25, 0.3) is 0 Å². The maximum atomic E-state index is 10.9. The third-order valence-electron chi connectivity index (χ3n) is 3.83. The van der Waals surface area contributed by atoms with Crippen molar-refractivity contribution in [1.82, 2.24) is 5.32 Å². The van der Waals surface area contributed by atoms with Crippen LogP contribution in [0.5, 0.6) is 0 Å². The predicted octanol–water partition coefficient (Wildman–Crippen LogP) is 3.25. The lowest BCUT2D eigenvalue weighted by molar-refractivity contribution is -0.138. The molecule has 110 valence electrons. The minimum atomic E-state index is -0.773. The van der Waals surface area contributed by atoms with Gasteiger partial charge in [-0.2, -0.15) is 11.8 Å². The average molecular weight is 293 g/mol. The Kier molecular flexibility index (Phi) is 5.92. The van der Waals surface area contributed by atoms with Gasteiger partial charge in [0.05, 0.1) is 5.92 Å². The van der Waals surface area contributed by atoms with Gasteiger partial charge in [-0.3, -0.25) is 4.79 Å². The molecule has 1 aromatic carbocycles. The Morgan fingerprint density at radius 2 is 2.15 bits per heavy atom. The number of carboxylic acid groups (broad SMARTS) is 1. The molecule has 1 aromatic rings. The van der Waals surface area contributed by atoms with Crippen molar-refractivity contribution >= 4 is 17.7 Å². The van der Waals surface area contributed by atoms with Crippen molar-refractivity contribution in [3.63, 3.8) is 0 Å². The Balaban J connectivity index is 1.77. The molecule has 2 atom stereocenters. The van der Waals surface area contributed by atoms with Gasteiger partial charge >= 0.3 is 5.97 Å². The van der Waals surface area contributed by atoms with Gasteiger partial charge < -0.3 is 10.4 Å². The second-order valence-electron chi connectivity index (χ2n) is 5.42. The predicted molar refractivity (Wildman–Crippen MR) is 84.3 cm³/mol. The highest BCUT2D eigenvalue weighted by Gasteiger charge is 2.14. The summed E-state index contributed by atoms with van der Waals surface area (Å²) in [4.78, 5) is 10.9. The van der Waals surface area contributed by atoms with Crippen LogP contribution >= 0.6 is 11.8 Å². The van der Waals surface area contributed by atoms with Gasteiger partial charge in [0, 0.05) is 18.3 Å². The second-order valence-corrected chi connectivity index (χ2v) is 6.83. The highest BCUT2D eigenvalue weighted by molar-refractivity contribution is 7.99. The number of rotatable bonds is 6. The molecule has 1 heterocycles. The van der Waals surface area contributed by atoms with Crippen molar-refractivity contribution in [1.29, 1.82) is 0 Å². The molecule has 0 saturated carbocycles. The summed E-state index contributed by atoms with van der Waals surface area (Å²) in [5.41, 5.74) is 2.08. The molecule has 2 unspecified atom stereocenters. The highest BCUT2D eigenvalue weighted by Crippen LogP contribution is 2.24. The molecule has 0 bridgehead atoms. The molecule has 20 heavy (non-hydrogen) atoms. The fraction of sp³-hybridized carbons (Fsp3) is 0.562. The fourth-order valence-corrected chi connectivity index (χ4v) is 3.69. The van der Waals surface area contributed by atoms with Gasteiger partial charge in [0.15, 0.2) is 0 Å². The molecular weight excluding hydrogens is 270 g/mol. The van der Waals surface area contributed by atoms with Crippen molar-refractivity contribution in [3.8, 4) is 0 Å². The first-order chi connectivity index (χ1) is 9.66. The zero-order valence-electron chi connectivity index (χ0n) is 12.0. The molecule has 0 amide bonds. The molecule has 1 saturated heterocycles. The van der Waals surface area contributed by atoms with Crippen LogP contribution in [0.3, 0.4) is 0 Å². The number of carboxylic acids is 1. The van der Waals surface area contributed by atoms with Gasteiger partial charge in [-0.1, -0.05) is 30.7 Å². The van der Waals surface area contributed by atoms with Crippen LogP contribution in [-0.4, -0.2) is 28.6 Å². The number of carbonyl (C=O) groups is 1. The van der Waals surface area contributed by atoms with Crippen LogP contribution in [0.1, 0.15) is 43.2 Å². The van der Waals surface area contributed by atoms with Crippen molar-refractivity contribution in [2.75, 3.05) is 12.3 Å². The Morgan fingerprint density at radius 3 is 2.75 bits per heavy atom. The minimum Gasteiger partial charge on any atom is -0.481 e. The summed E-state index contributed by atoms with van der Waals surface area (Å²) in [7, 11) is 0. The van der Waals surface area contributed by atoms with E-state index in [0.29, 0.717) is 0 Å². The summed E-state index contributed by atoms with van der Waals surface area (Å²) >= 11 is 2.08. The van der Waals surface area contributed by atoms with E-state index in [1.807, 2.05) is 24.3 Å². The summed E-state index contributed by atoms with van der Waals surface area (Å²) in [5.74, 6) is 0.0922.